The zero-order chi connectivity index (χ0) is 17.6. The van der Waals surface area contributed by atoms with Crippen molar-refractivity contribution in [3.63, 3.8) is 0 Å². The second-order valence-electron chi connectivity index (χ2n) is 6.24. The van der Waals surface area contributed by atoms with Crippen LogP contribution in [-0.4, -0.2) is 28.8 Å². The maximum Gasteiger partial charge on any atom is 0.269 e. The zero-order valence-electron chi connectivity index (χ0n) is 14.0. The van der Waals surface area contributed by atoms with Crippen molar-refractivity contribution in [2.45, 2.75) is 25.8 Å². The van der Waals surface area contributed by atoms with Crippen molar-refractivity contribution in [3.05, 3.63) is 69.8 Å². The number of anilines is 1. The normalized spacial score (nSPS) is 13.7. The second-order valence-corrected chi connectivity index (χ2v) is 6.24. The van der Waals surface area contributed by atoms with Crippen LogP contribution in [0.5, 0.6) is 0 Å². The third kappa shape index (κ3) is 4.56. The Hall–Kier alpha value is -2.89. The molecular weight excluding hydrogens is 318 g/mol. The third-order valence-electron chi connectivity index (χ3n) is 4.41. The van der Waals surface area contributed by atoms with Gasteiger partial charge < -0.3 is 10.2 Å². The predicted octanol–water partition coefficient (Wildman–Crippen LogP) is 3.37. The van der Waals surface area contributed by atoms with E-state index in [9.17, 15) is 14.9 Å². The second kappa shape index (κ2) is 7.79. The molecule has 0 bridgehead atoms. The fourth-order valence-corrected chi connectivity index (χ4v) is 2.93. The molecule has 130 valence electrons. The quantitative estimate of drug-likeness (QED) is 0.647. The van der Waals surface area contributed by atoms with Crippen LogP contribution < -0.4 is 5.32 Å². The van der Waals surface area contributed by atoms with E-state index in [4.69, 9.17) is 0 Å². The van der Waals surface area contributed by atoms with Crippen LogP contribution in [0.2, 0.25) is 0 Å². The van der Waals surface area contributed by atoms with E-state index >= 15 is 0 Å². The van der Waals surface area contributed by atoms with Gasteiger partial charge in [-0.1, -0.05) is 24.3 Å². The number of nitrogens with zero attached hydrogens (tertiary/aromatic N) is 2. The number of carbonyl (C=O) groups excluding carboxylic acids is 1. The van der Waals surface area contributed by atoms with E-state index < -0.39 is 4.92 Å². The highest BCUT2D eigenvalue weighted by molar-refractivity contribution is 5.79. The van der Waals surface area contributed by atoms with Gasteiger partial charge in [-0.05, 0) is 36.1 Å². The highest BCUT2D eigenvalue weighted by Crippen LogP contribution is 2.16. The fourth-order valence-electron chi connectivity index (χ4n) is 2.93. The van der Waals surface area contributed by atoms with Gasteiger partial charge in [-0.3, -0.25) is 14.9 Å². The summed E-state index contributed by atoms with van der Waals surface area (Å²) in [6, 6.07) is 14.3. The molecule has 1 heterocycles. The minimum atomic E-state index is -0.403. The number of hydrogen-bond acceptors (Lipinski definition) is 4. The van der Waals surface area contributed by atoms with E-state index in [1.807, 2.05) is 29.2 Å². The summed E-state index contributed by atoms with van der Waals surface area (Å²) in [4.78, 5) is 24.3. The minimum absolute atomic E-state index is 0.0933. The highest BCUT2D eigenvalue weighted by Gasteiger charge is 2.17. The largest absolute Gasteiger partial charge is 0.381 e. The van der Waals surface area contributed by atoms with Gasteiger partial charge in [0.1, 0.15) is 0 Å². The highest BCUT2D eigenvalue weighted by atomic mass is 16.6. The Morgan fingerprint density at radius 1 is 1.00 bits per heavy atom. The molecule has 0 aromatic heterocycles. The topological polar surface area (TPSA) is 75.5 Å². The van der Waals surface area contributed by atoms with Crippen LogP contribution in [0.15, 0.2) is 48.5 Å². The SMILES string of the molecule is O=C(Cc1ccc(NCc2ccc([N+](=O)[O-])cc2)cc1)N1CCCC1. The third-order valence-corrected chi connectivity index (χ3v) is 4.41. The van der Waals surface area contributed by atoms with Gasteiger partial charge in [0.25, 0.3) is 5.69 Å². The van der Waals surface area contributed by atoms with Gasteiger partial charge >= 0.3 is 0 Å². The molecule has 6 heteroatoms. The van der Waals surface area contributed by atoms with E-state index in [1.54, 1.807) is 12.1 Å². The summed E-state index contributed by atoms with van der Waals surface area (Å²) >= 11 is 0. The van der Waals surface area contributed by atoms with E-state index in [-0.39, 0.29) is 11.6 Å². The molecular formula is C19H21N3O3. The van der Waals surface area contributed by atoms with Gasteiger partial charge in [-0.2, -0.15) is 0 Å². The Kier molecular flexibility index (Phi) is 5.28. The van der Waals surface area contributed by atoms with Crippen molar-refractivity contribution in [1.29, 1.82) is 0 Å². The number of nitro groups is 1. The Bertz CT molecular complexity index is 736. The van der Waals surface area contributed by atoms with Gasteiger partial charge in [0, 0.05) is 37.5 Å². The van der Waals surface area contributed by atoms with Crippen LogP contribution in [0.4, 0.5) is 11.4 Å². The predicted molar refractivity (Wildman–Crippen MR) is 96.4 cm³/mol. The van der Waals surface area contributed by atoms with Crippen LogP contribution in [0.25, 0.3) is 0 Å². The number of carbonyl (C=O) groups is 1. The summed E-state index contributed by atoms with van der Waals surface area (Å²) in [5.41, 5.74) is 3.03. The first kappa shape index (κ1) is 17.0. The van der Waals surface area contributed by atoms with Crippen LogP contribution >= 0.6 is 0 Å². The molecule has 1 fully saturated rings. The fraction of sp³-hybridized carbons (Fsp3) is 0.316. The van der Waals surface area contributed by atoms with Crippen molar-refractivity contribution in [3.8, 4) is 0 Å². The number of likely N-dealkylation sites (tertiary alicyclic amines) is 1. The summed E-state index contributed by atoms with van der Waals surface area (Å²) in [6.07, 6.45) is 2.66. The van der Waals surface area contributed by atoms with Crippen LogP contribution in [0.1, 0.15) is 24.0 Å². The Balaban J connectivity index is 1.51. The molecule has 3 rings (SSSR count). The monoisotopic (exact) mass is 339 g/mol. The molecule has 2 aromatic rings. The number of non-ortho nitro benzene ring substituents is 1. The van der Waals surface area contributed by atoms with Crippen LogP contribution in [-0.2, 0) is 17.8 Å². The average molecular weight is 339 g/mol. The van der Waals surface area contributed by atoms with Gasteiger partial charge in [-0.25, -0.2) is 0 Å². The van der Waals surface area contributed by atoms with Crippen molar-refractivity contribution in [2.24, 2.45) is 0 Å². The maximum absolute atomic E-state index is 12.1. The lowest BCUT2D eigenvalue weighted by molar-refractivity contribution is -0.384. The molecule has 1 aliphatic rings. The lowest BCUT2D eigenvalue weighted by Gasteiger charge is -2.15. The molecule has 6 nitrogen and oxygen atoms in total. The molecule has 0 aliphatic carbocycles. The summed E-state index contributed by atoms with van der Waals surface area (Å²) in [6.45, 7) is 2.35. The Morgan fingerprint density at radius 3 is 2.20 bits per heavy atom. The van der Waals surface area contributed by atoms with E-state index in [0.717, 1.165) is 42.7 Å². The minimum Gasteiger partial charge on any atom is -0.381 e. The molecule has 0 spiro atoms. The molecule has 1 aliphatic heterocycles. The first-order valence-corrected chi connectivity index (χ1v) is 8.46. The molecule has 1 N–H and O–H groups in total. The lowest BCUT2D eigenvalue weighted by Crippen LogP contribution is -2.29. The van der Waals surface area contributed by atoms with E-state index in [1.165, 1.54) is 12.1 Å². The molecule has 0 radical (unpaired) electrons. The van der Waals surface area contributed by atoms with Crippen molar-refractivity contribution >= 4 is 17.3 Å². The number of hydrogen-bond donors (Lipinski definition) is 1. The summed E-state index contributed by atoms with van der Waals surface area (Å²) < 4.78 is 0. The molecule has 1 amide bonds. The Labute approximate surface area is 146 Å². The molecule has 0 saturated carbocycles. The summed E-state index contributed by atoms with van der Waals surface area (Å²) in [5.74, 6) is 0.198. The van der Waals surface area contributed by atoms with Gasteiger partial charge in [0.05, 0.1) is 11.3 Å². The lowest BCUT2D eigenvalue weighted by atomic mass is 10.1. The Morgan fingerprint density at radius 2 is 1.60 bits per heavy atom. The van der Waals surface area contributed by atoms with Gasteiger partial charge in [0.15, 0.2) is 0 Å². The molecule has 0 unspecified atom stereocenters. The summed E-state index contributed by atoms with van der Waals surface area (Å²) in [7, 11) is 0. The molecule has 25 heavy (non-hydrogen) atoms. The van der Waals surface area contributed by atoms with Crippen molar-refractivity contribution in [1.82, 2.24) is 4.90 Å². The zero-order valence-corrected chi connectivity index (χ0v) is 14.0. The molecule has 0 atom stereocenters. The van der Waals surface area contributed by atoms with Crippen LogP contribution in [0, 0.1) is 10.1 Å². The average Bonchev–Trinajstić information content (AvgIpc) is 3.16. The number of nitro benzene ring substituents is 1. The van der Waals surface area contributed by atoms with Crippen LogP contribution in [0.3, 0.4) is 0 Å². The van der Waals surface area contributed by atoms with Crippen molar-refractivity contribution < 1.29 is 9.72 Å². The number of amides is 1. The first-order chi connectivity index (χ1) is 12.1. The first-order valence-electron chi connectivity index (χ1n) is 8.46. The molecule has 1 saturated heterocycles. The smallest absolute Gasteiger partial charge is 0.269 e. The van der Waals surface area contributed by atoms with E-state index in [2.05, 4.69) is 5.32 Å². The number of benzene rings is 2. The van der Waals surface area contributed by atoms with Gasteiger partial charge in [0.2, 0.25) is 5.91 Å². The number of rotatable bonds is 6. The van der Waals surface area contributed by atoms with E-state index in [0.29, 0.717) is 13.0 Å². The van der Waals surface area contributed by atoms with Gasteiger partial charge in [-0.15, -0.1) is 0 Å². The summed E-state index contributed by atoms with van der Waals surface area (Å²) in [5, 5.41) is 13.9. The standard InChI is InChI=1S/C19H21N3O3/c23-19(21-11-1-2-12-21)13-15-3-7-17(8-4-15)20-14-16-5-9-18(10-6-16)22(24)25/h3-10,20H,1-2,11-14H2. The number of nitrogens with one attached hydrogen (secondary N) is 1. The van der Waals surface area contributed by atoms with Crippen molar-refractivity contribution in [2.75, 3.05) is 18.4 Å². The maximum atomic E-state index is 12.1. The molecule has 2 aromatic carbocycles.